The van der Waals surface area contributed by atoms with Crippen molar-refractivity contribution in [2.75, 3.05) is 0 Å². The minimum atomic E-state index is 0. The van der Waals surface area contributed by atoms with E-state index in [4.69, 9.17) is 0 Å². The van der Waals surface area contributed by atoms with Gasteiger partial charge in [-0.15, -0.1) is 0 Å². The number of pyridine rings is 1. The van der Waals surface area contributed by atoms with Gasteiger partial charge in [-0.1, -0.05) is 43.0 Å². The standard InChI is InChI=1S/C15H14NO.BrH/c1-2-13-8-10-16(11-9-13)12-15(17)14-6-4-3-5-7-14;/h2-11H,1,12H2;1H/q+1;/p-1. The van der Waals surface area contributed by atoms with E-state index in [2.05, 4.69) is 6.58 Å². The van der Waals surface area contributed by atoms with Crippen LogP contribution in [0, 0.1) is 0 Å². The molecule has 0 aliphatic rings. The molecule has 1 aromatic carbocycles. The molecule has 92 valence electrons. The highest BCUT2D eigenvalue weighted by Crippen LogP contribution is 2.00. The Bertz CT molecular complexity index is 520. The van der Waals surface area contributed by atoms with Crippen LogP contribution in [0.1, 0.15) is 15.9 Å². The Morgan fingerprint density at radius 3 is 2.28 bits per heavy atom. The zero-order valence-corrected chi connectivity index (χ0v) is 11.5. The maximum absolute atomic E-state index is 11.9. The number of aromatic nitrogens is 1. The van der Waals surface area contributed by atoms with Gasteiger partial charge >= 0.3 is 0 Å². The number of hydrogen-bond acceptors (Lipinski definition) is 1. The van der Waals surface area contributed by atoms with E-state index >= 15 is 0 Å². The van der Waals surface area contributed by atoms with E-state index in [1.807, 2.05) is 59.4 Å². The van der Waals surface area contributed by atoms with E-state index in [1.54, 1.807) is 6.08 Å². The van der Waals surface area contributed by atoms with Gasteiger partial charge in [0.05, 0.1) is 0 Å². The van der Waals surface area contributed by atoms with Gasteiger partial charge < -0.3 is 17.0 Å². The molecule has 0 saturated carbocycles. The Balaban J connectivity index is 0.00000162. The molecule has 2 nitrogen and oxygen atoms in total. The van der Waals surface area contributed by atoms with Gasteiger partial charge in [0.25, 0.3) is 0 Å². The van der Waals surface area contributed by atoms with E-state index in [9.17, 15) is 4.79 Å². The van der Waals surface area contributed by atoms with Crippen molar-refractivity contribution in [3.05, 3.63) is 72.6 Å². The molecule has 2 rings (SSSR count). The normalized spacial score (nSPS) is 9.33. The van der Waals surface area contributed by atoms with Crippen molar-refractivity contribution in [2.45, 2.75) is 6.54 Å². The highest BCUT2D eigenvalue weighted by atomic mass is 79.9. The van der Waals surface area contributed by atoms with Crippen LogP contribution in [0.4, 0.5) is 0 Å². The maximum atomic E-state index is 11.9. The summed E-state index contributed by atoms with van der Waals surface area (Å²) >= 11 is 0. The largest absolute Gasteiger partial charge is 1.00 e. The molecule has 0 radical (unpaired) electrons. The molecule has 0 saturated heterocycles. The minimum Gasteiger partial charge on any atom is -1.00 e. The SMILES string of the molecule is C=Cc1cc[n+](CC(=O)c2ccccc2)cc1.[Br-]. The molecule has 3 heteroatoms. The van der Waals surface area contributed by atoms with Gasteiger partial charge in [0.15, 0.2) is 12.4 Å². The molecule has 0 fully saturated rings. The van der Waals surface area contributed by atoms with Crippen LogP contribution in [0.5, 0.6) is 0 Å². The smallest absolute Gasteiger partial charge is 0.227 e. The van der Waals surface area contributed by atoms with Gasteiger partial charge in [0.1, 0.15) is 0 Å². The van der Waals surface area contributed by atoms with Gasteiger partial charge in [-0.25, -0.2) is 0 Å². The number of halogens is 1. The molecule has 0 aliphatic carbocycles. The molecule has 1 heterocycles. The number of carbonyl (C=O) groups is 1. The van der Waals surface area contributed by atoms with E-state index in [0.717, 1.165) is 11.1 Å². The summed E-state index contributed by atoms with van der Waals surface area (Å²) in [5.41, 5.74) is 1.79. The number of Topliss-reactive ketones (excluding diaryl/α,β-unsaturated/α-hetero) is 1. The number of ketones is 1. The fourth-order valence-electron chi connectivity index (χ4n) is 1.59. The molecule has 2 aromatic rings. The summed E-state index contributed by atoms with van der Waals surface area (Å²) in [5.74, 6) is 0.113. The molecule has 0 aliphatic heterocycles. The fourth-order valence-corrected chi connectivity index (χ4v) is 1.59. The van der Waals surface area contributed by atoms with Gasteiger partial charge in [0.2, 0.25) is 12.3 Å². The summed E-state index contributed by atoms with van der Waals surface area (Å²) in [4.78, 5) is 11.9. The fraction of sp³-hybridized carbons (Fsp3) is 0.0667. The van der Waals surface area contributed by atoms with Gasteiger partial charge in [-0.05, 0) is 5.56 Å². The number of benzene rings is 1. The molecule has 0 N–H and O–H groups in total. The van der Waals surface area contributed by atoms with Crippen molar-refractivity contribution in [1.82, 2.24) is 0 Å². The predicted molar refractivity (Wildman–Crippen MR) is 67.5 cm³/mol. The van der Waals surface area contributed by atoms with Crippen molar-refractivity contribution in [3.8, 4) is 0 Å². The lowest BCUT2D eigenvalue weighted by Gasteiger charge is -1.98. The molecular weight excluding hydrogens is 290 g/mol. The van der Waals surface area contributed by atoms with Crippen LogP contribution in [-0.2, 0) is 6.54 Å². The molecule has 0 unspecified atom stereocenters. The Labute approximate surface area is 117 Å². The van der Waals surface area contributed by atoms with Crippen LogP contribution in [0.15, 0.2) is 61.4 Å². The van der Waals surface area contributed by atoms with Crippen LogP contribution in [0.2, 0.25) is 0 Å². The molecule has 0 amide bonds. The summed E-state index contributed by atoms with van der Waals surface area (Å²) in [5, 5.41) is 0. The van der Waals surface area contributed by atoms with Gasteiger partial charge in [-0.2, -0.15) is 4.57 Å². The Morgan fingerprint density at radius 2 is 1.72 bits per heavy atom. The second-order valence-corrected chi connectivity index (χ2v) is 3.80. The predicted octanol–water partition coefficient (Wildman–Crippen LogP) is -0.496. The molecule has 18 heavy (non-hydrogen) atoms. The first kappa shape index (κ1) is 14.3. The summed E-state index contributed by atoms with van der Waals surface area (Å²) in [6.07, 6.45) is 5.55. The maximum Gasteiger partial charge on any atom is 0.227 e. The first-order valence-corrected chi connectivity index (χ1v) is 5.49. The lowest BCUT2D eigenvalue weighted by molar-refractivity contribution is -0.683. The van der Waals surface area contributed by atoms with E-state index in [0.29, 0.717) is 6.54 Å². The molecule has 0 bridgehead atoms. The first-order valence-electron chi connectivity index (χ1n) is 5.49. The Hall–Kier alpha value is -1.74. The average molecular weight is 304 g/mol. The zero-order valence-electron chi connectivity index (χ0n) is 9.92. The highest BCUT2D eigenvalue weighted by molar-refractivity contribution is 5.94. The lowest BCUT2D eigenvalue weighted by atomic mass is 10.1. The molecule has 0 spiro atoms. The second kappa shape index (κ2) is 6.87. The van der Waals surface area contributed by atoms with Crippen molar-refractivity contribution < 1.29 is 26.3 Å². The van der Waals surface area contributed by atoms with Crippen LogP contribution in [-0.4, -0.2) is 5.78 Å². The van der Waals surface area contributed by atoms with Crippen molar-refractivity contribution >= 4 is 11.9 Å². The van der Waals surface area contributed by atoms with Gasteiger partial charge in [0, 0.05) is 17.7 Å². The number of nitrogens with zero attached hydrogens (tertiary/aromatic N) is 1. The number of rotatable bonds is 4. The number of carbonyl (C=O) groups excluding carboxylic acids is 1. The summed E-state index contributed by atoms with van der Waals surface area (Å²) < 4.78 is 1.86. The van der Waals surface area contributed by atoms with Crippen molar-refractivity contribution in [1.29, 1.82) is 0 Å². The Kier molecular flexibility index (Phi) is 5.46. The summed E-state index contributed by atoms with van der Waals surface area (Å²) in [6.45, 7) is 4.06. The van der Waals surface area contributed by atoms with Crippen molar-refractivity contribution in [2.24, 2.45) is 0 Å². The van der Waals surface area contributed by atoms with Gasteiger partial charge in [-0.3, -0.25) is 4.79 Å². The zero-order chi connectivity index (χ0) is 12.1. The van der Waals surface area contributed by atoms with E-state index < -0.39 is 0 Å². The average Bonchev–Trinajstić information content (AvgIpc) is 2.40. The highest BCUT2D eigenvalue weighted by Gasteiger charge is 2.10. The van der Waals surface area contributed by atoms with Crippen LogP contribution < -0.4 is 21.5 Å². The first-order chi connectivity index (χ1) is 8.29. The third kappa shape index (κ3) is 3.64. The number of hydrogen-bond donors (Lipinski definition) is 0. The Morgan fingerprint density at radius 1 is 1.11 bits per heavy atom. The third-order valence-electron chi connectivity index (χ3n) is 2.57. The summed E-state index contributed by atoms with van der Waals surface area (Å²) in [6, 6.07) is 13.2. The molecular formula is C15H14BrNO. The van der Waals surface area contributed by atoms with E-state index in [1.165, 1.54) is 0 Å². The van der Waals surface area contributed by atoms with Crippen molar-refractivity contribution in [3.63, 3.8) is 0 Å². The lowest BCUT2D eigenvalue weighted by Crippen LogP contribution is -3.00. The quantitative estimate of drug-likeness (QED) is 0.551. The summed E-state index contributed by atoms with van der Waals surface area (Å²) in [7, 11) is 0. The second-order valence-electron chi connectivity index (χ2n) is 3.80. The van der Waals surface area contributed by atoms with Crippen LogP contribution >= 0.6 is 0 Å². The van der Waals surface area contributed by atoms with E-state index in [-0.39, 0.29) is 22.8 Å². The topological polar surface area (TPSA) is 20.9 Å². The minimum absolute atomic E-state index is 0. The third-order valence-corrected chi connectivity index (χ3v) is 2.57. The molecule has 0 atom stereocenters. The van der Waals surface area contributed by atoms with Crippen LogP contribution in [0.3, 0.4) is 0 Å². The monoisotopic (exact) mass is 303 g/mol. The molecule has 1 aromatic heterocycles. The van der Waals surface area contributed by atoms with Crippen LogP contribution in [0.25, 0.3) is 6.08 Å².